The molecule has 1 aromatic rings. The van der Waals surface area contributed by atoms with Crippen LogP contribution >= 0.6 is 0 Å². The van der Waals surface area contributed by atoms with E-state index >= 15 is 0 Å². The first kappa shape index (κ1) is 17.1. The summed E-state index contributed by atoms with van der Waals surface area (Å²) in [6.45, 7) is 7.80. The van der Waals surface area contributed by atoms with E-state index in [2.05, 4.69) is 16.6 Å². The van der Waals surface area contributed by atoms with Crippen molar-refractivity contribution >= 4 is 6.03 Å². The SMILES string of the molecule is C#C[C@H](NC(=O)NCc1ccc(C(C)(C)O)cc1)C(C)C. The fraction of sp³-hybridized carbons (Fsp3) is 0.471. The van der Waals surface area contributed by atoms with Gasteiger partial charge in [-0.1, -0.05) is 44.0 Å². The number of benzene rings is 1. The first-order chi connectivity index (χ1) is 9.74. The number of hydrogen-bond donors (Lipinski definition) is 3. The maximum absolute atomic E-state index is 11.8. The van der Waals surface area contributed by atoms with E-state index in [0.29, 0.717) is 6.54 Å². The van der Waals surface area contributed by atoms with Crippen LogP contribution in [0, 0.1) is 18.3 Å². The molecule has 1 aromatic carbocycles. The minimum absolute atomic E-state index is 0.187. The van der Waals surface area contributed by atoms with Gasteiger partial charge in [0.2, 0.25) is 0 Å². The topological polar surface area (TPSA) is 61.4 Å². The Morgan fingerprint density at radius 3 is 2.33 bits per heavy atom. The first-order valence-corrected chi connectivity index (χ1v) is 7.06. The predicted octanol–water partition coefficient (Wildman–Crippen LogP) is 2.37. The molecular formula is C17H24N2O2. The van der Waals surface area contributed by atoms with Crippen LogP contribution in [0.15, 0.2) is 24.3 Å². The van der Waals surface area contributed by atoms with Crippen molar-refractivity contribution in [3.63, 3.8) is 0 Å². The minimum atomic E-state index is -0.861. The van der Waals surface area contributed by atoms with Gasteiger partial charge in [-0.05, 0) is 30.9 Å². The van der Waals surface area contributed by atoms with Gasteiger partial charge in [0.15, 0.2) is 0 Å². The van der Waals surface area contributed by atoms with Gasteiger partial charge in [0.25, 0.3) is 0 Å². The summed E-state index contributed by atoms with van der Waals surface area (Å²) < 4.78 is 0. The molecule has 1 atom stereocenters. The normalized spacial score (nSPS) is 12.6. The molecule has 0 aliphatic heterocycles. The van der Waals surface area contributed by atoms with Crippen molar-refractivity contribution in [3.8, 4) is 12.3 Å². The highest BCUT2D eigenvalue weighted by molar-refractivity contribution is 5.74. The Hall–Kier alpha value is -1.99. The van der Waals surface area contributed by atoms with Crippen LogP contribution in [-0.2, 0) is 12.1 Å². The second-order valence-corrected chi connectivity index (χ2v) is 5.97. The van der Waals surface area contributed by atoms with Crippen LogP contribution in [0.2, 0.25) is 0 Å². The molecule has 1 rings (SSSR count). The highest BCUT2D eigenvalue weighted by Gasteiger charge is 2.15. The largest absolute Gasteiger partial charge is 0.386 e. The van der Waals surface area contributed by atoms with Crippen molar-refractivity contribution in [2.24, 2.45) is 5.92 Å². The Morgan fingerprint density at radius 2 is 1.90 bits per heavy atom. The van der Waals surface area contributed by atoms with E-state index in [-0.39, 0.29) is 18.0 Å². The molecule has 0 aromatic heterocycles. The van der Waals surface area contributed by atoms with Crippen molar-refractivity contribution in [2.45, 2.75) is 45.9 Å². The zero-order chi connectivity index (χ0) is 16.0. The highest BCUT2D eigenvalue weighted by atomic mass is 16.3. The monoisotopic (exact) mass is 288 g/mol. The molecule has 0 aliphatic carbocycles. The van der Waals surface area contributed by atoms with E-state index < -0.39 is 5.60 Å². The number of nitrogens with one attached hydrogen (secondary N) is 2. The number of rotatable bonds is 5. The van der Waals surface area contributed by atoms with Gasteiger partial charge in [-0.25, -0.2) is 4.79 Å². The van der Waals surface area contributed by atoms with Gasteiger partial charge in [-0.15, -0.1) is 6.42 Å². The van der Waals surface area contributed by atoms with E-state index in [1.807, 2.05) is 38.1 Å². The quantitative estimate of drug-likeness (QED) is 0.728. The second kappa shape index (κ2) is 7.14. The Labute approximate surface area is 127 Å². The van der Waals surface area contributed by atoms with Crippen LogP contribution in [0.1, 0.15) is 38.8 Å². The Balaban J connectivity index is 2.52. The molecule has 21 heavy (non-hydrogen) atoms. The standard InChI is InChI=1S/C17H24N2O2/c1-6-15(12(2)3)19-16(20)18-11-13-7-9-14(10-8-13)17(4,5)21/h1,7-10,12,15,21H,11H2,2-5H3,(H2,18,19,20)/t15-/m0/s1. The predicted molar refractivity (Wildman–Crippen MR) is 84.5 cm³/mol. The lowest BCUT2D eigenvalue weighted by Crippen LogP contribution is -2.43. The molecule has 0 saturated carbocycles. The molecule has 4 nitrogen and oxygen atoms in total. The number of carbonyl (C=O) groups is 1. The molecule has 0 heterocycles. The van der Waals surface area contributed by atoms with Crippen molar-refractivity contribution in [1.82, 2.24) is 10.6 Å². The van der Waals surface area contributed by atoms with E-state index in [9.17, 15) is 9.90 Å². The van der Waals surface area contributed by atoms with Crippen molar-refractivity contribution in [3.05, 3.63) is 35.4 Å². The Morgan fingerprint density at radius 1 is 1.33 bits per heavy atom. The fourth-order valence-corrected chi connectivity index (χ4v) is 1.81. The third-order valence-corrected chi connectivity index (χ3v) is 3.25. The lowest BCUT2D eigenvalue weighted by Gasteiger charge is -2.18. The van der Waals surface area contributed by atoms with Gasteiger partial charge in [-0.2, -0.15) is 0 Å². The summed E-state index contributed by atoms with van der Waals surface area (Å²) in [7, 11) is 0. The third-order valence-electron chi connectivity index (χ3n) is 3.25. The zero-order valence-electron chi connectivity index (χ0n) is 13.1. The summed E-state index contributed by atoms with van der Waals surface area (Å²) in [5, 5.41) is 15.4. The summed E-state index contributed by atoms with van der Waals surface area (Å²) in [6, 6.07) is 6.92. The summed E-state index contributed by atoms with van der Waals surface area (Å²) in [4.78, 5) is 11.8. The van der Waals surface area contributed by atoms with E-state index in [4.69, 9.17) is 6.42 Å². The second-order valence-electron chi connectivity index (χ2n) is 5.97. The summed E-state index contributed by atoms with van der Waals surface area (Å²) in [6.07, 6.45) is 5.37. The molecule has 4 heteroatoms. The third kappa shape index (κ3) is 5.49. The van der Waals surface area contributed by atoms with Crippen LogP contribution in [0.25, 0.3) is 0 Å². The number of hydrogen-bond acceptors (Lipinski definition) is 2. The van der Waals surface area contributed by atoms with Gasteiger partial charge in [0.1, 0.15) is 0 Å². The van der Waals surface area contributed by atoms with Gasteiger partial charge in [-0.3, -0.25) is 0 Å². The number of terminal acetylenes is 1. The molecule has 0 radical (unpaired) electrons. The van der Waals surface area contributed by atoms with E-state index in [1.54, 1.807) is 13.8 Å². The Kier molecular flexibility index (Phi) is 5.80. The highest BCUT2D eigenvalue weighted by Crippen LogP contribution is 2.19. The molecule has 114 valence electrons. The van der Waals surface area contributed by atoms with E-state index in [1.165, 1.54) is 0 Å². The lowest BCUT2D eigenvalue weighted by molar-refractivity contribution is 0.0786. The zero-order valence-corrected chi connectivity index (χ0v) is 13.1. The van der Waals surface area contributed by atoms with Crippen molar-refractivity contribution < 1.29 is 9.90 Å². The lowest BCUT2D eigenvalue weighted by atomic mass is 9.97. The van der Waals surface area contributed by atoms with Crippen LogP contribution in [-0.4, -0.2) is 17.2 Å². The fourth-order valence-electron chi connectivity index (χ4n) is 1.81. The summed E-state index contributed by atoms with van der Waals surface area (Å²) in [5.41, 5.74) is 0.934. The molecule has 0 saturated heterocycles. The number of carbonyl (C=O) groups excluding carboxylic acids is 1. The van der Waals surface area contributed by atoms with Crippen LogP contribution in [0.3, 0.4) is 0 Å². The minimum Gasteiger partial charge on any atom is -0.386 e. The average molecular weight is 288 g/mol. The molecule has 2 amide bonds. The molecule has 0 aliphatic rings. The smallest absolute Gasteiger partial charge is 0.316 e. The van der Waals surface area contributed by atoms with Crippen molar-refractivity contribution in [2.75, 3.05) is 0 Å². The van der Waals surface area contributed by atoms with Gasteiger partial charge in [0, 0.05) is 6.54 Å². The molecule has 3 N–H and O–H groups in total. The van der Waals surface area contributed by atoms with E-state index in [0.717, 1.165) is 11.1 Å². The van der Waals surface area contributed by atoms with Gasteiger partial charge < -0.3 is 15.7 Å². The average Bonchev–Trinajstić information content (AvgIpc) is 2.41. The van der Waals surface area contributed by atoms with Crippen LogP contribution < -0.4 is 10.6 Å². The molecule has 0 spiro atoms. The molecule has 0 unspecified atom stereocenters. The summed E-state index contributed by atoms with van der Waals surface area (Å²) in [5.74, 6) is 2.74. The maximum Gasteiger partial charge on any atom is 0.316 e. The van der Waals surface area contributed by atoms with Crippen LogP contribution in [0.5, 0.6) is 0 Å². The molecular weight excluding hydrogens is 264 g/mol. The molecule has 0 bridgehead atoms. The maximum atomic E-state index is 11.8. The van der Waals surface area contributed by atoms with Gasteiger partial charge in [0.05, 0.1) is 11.6 Å². The Bertz CT molecular complexity index is 507. The summed E-state index contributed by atoms with van der Waals surface area (Å²) >= 11 is 0. The van der Waals surface area contributed by atoms with Gasteiger partial charge >= 0.3 is 6.03 Å². The number of aliphatic hydroxyl groups is 1. The van der Waals surface area contributed by atoms with Crippen LogP contribution in [0.4, 0.5) is 4.79 Å². The first-order valence-electron chi connectivity index (χ1n) is 7.06. The number of amides is 2. The van der Waals surface area contributed by atoms with Crippen molar-refractivity contribution in [1.29, 1.82) is 0 Å². The number of urea groups is 1. The molecule has 0 fully saturated rings.